The van der Waals surface area contributed by atoms with E-state index < -0.39 is 0 Å². The molecule has 0 saturated heterocycles. The van der Waals surface area contributed by atoms with Crippen molar-refractivity contribution in [3.63, 3.8) is 0 Å². The molecule has 8 heteroatoms. The molecule has 2 aromatic carbocycles. The fourth-order valence-corrected chi connectivity index (χ4v) is 4.23. The molecule has 1 amide bonds. The Kier molecular flexibility index (Phi) is 5.05. The number of para-hydroxylation sites is 2. The Balaban J connectivity index is 1.40. The molecule has 0 unspecified atom stereocenters. The second-order valence-corrected chi connectivity index (χ2v) is 8.19. The molecule has 7 nitrogen and oxygen atoms in total. The molecule has 0 fully saturated rings. The van der Waals surface area contributed by atoms with Crippen LogP contribution in [0.4, 0.5) is 0 Å². The number of likely N-dealkylation sites (N-methyl/N-ethyl adjacent to an activating group) is 1. The largest absolute Gasteiger partial charge is 0.340 e. The molecule has 0 atom stereocenters. The molecule has 31 heavy (non-hydrogen) atoms. The maximum atomic E-state index is 12.9. The van der Waals surface area contributed by atoms with Gasteiger partial charge in [0.25, 0.3) is 0 Å². The van der Waals surface area contributed by atoms with E-state index in [1.165, 1.54) is 0 Å². The fraction of sp³-hybridized carbons (Fsp3) is 0.130. The maximum absolute atomic E-state index is 12.9. The van der Waals surface area contributed by atoms with E-state index in [0.717, 1.165) is 32.9 Å². The molecule has 5 rings (SSSR count). The number of hydrogen-bond acceptors (Lipinski definition) is 5. The minimum atomic E-state index is -0.0414. The minimum absolute atomic E-state index is 0.0414. The summed E-state index contributed by atoms with van der Waals surface area (Å²) in [7, 11) is 1.81. The third-order valence-electron chi connectivity index (χ3n) is 5.10. The third-order valence-corrected chi connectivity index (χ3v) is 5.98. The van der Waals surface area contributed by atoms with Crippen LogP contribution >= 0.6 is 11.3 Å². The summed E-state index contributed by atoms with van der Waals surface area (Å²) in [6.07, 6.45) is 2.00. The lowest BCUT2D eigenvalue weighted by Crippen LogP contribution is -2.30. The zero-order chi connectivity index (χ0) is 21.2. The number of aromatic nitrogens is 5. The van der Waals surface area contributed by atoms with Gasteiger partial charge in [-0.15, -0.1) is 16.4 Å². The molecule has 3 heterocycles. The topological polar surface area (TPSA) is 68.8 Å². The molecule has 0 N–H and O–H groups in total. The van der Waals surface area contributed by atoms with Crippen LogP contribution in [0.5, 0.6) is 0 Å². The van der Waals surface area contributed by atoms with Gasteiger partial charge in [-0.25, -0.2) is 9.36 Å². The van der Waals surface area contributed by atoms with Crippen LogP contribution < -0.4 is 0 Å². The molecule has 0 saturated carbocycles. The Bertz CT molecular complexity index is 1320. The number of fused-ring (bicyclic) bond motifs is 1. The Labute approximate surface area is 183 Å². The number of nitrogens with zero attached hydrogens (tertiary/aromatic N) is 6. The van der Waals surface area contributed by atoms with Crippen molar-refractivity contribution < 1.29 is 4.79 Å². The van der Waals surface area contributed by atoms with Crippen molar-refractivity contribution in [2.75, 3.05) is 7.05 Å². The fourth-order valence-electron chi connectivity index (χ4n) is 3.49. The Morgan fingerprint density at radius 3 is 2.65 bits per heavy atom. The highest BCUT2D eigenvalue weighted by molar-refractivity contribution is 7.13. The highest BCUT2D eigenvalue weighted by atomic mass is 32.1. The van der Waals surface area contributed by atoms with Gasteiger partial charge in [0.1, 0.15) is 17.8 Å². The van der Waals surface area contributed by atoms with Crippen LogP contribution in [0.1, 0.15) is 5.56 Å². The zero-order valence-corrected chi connectivity index (χ0v) is 17.7. The van der Waals surface area contributed by atoms with Crippen LogP contribution in [0.2, 0.25) is 0 Å². The number of amides is 1. The average molecular weight is 429 g/mol. The molecule has 3 aromatic heterocycles. The highest BCUT2D eigenvalue weighted by Crippen LogP contribution is 2.28. The summed E-state index contributed by atoms with van der Waals surface area (Å²) in [6.45, 7) is 0.587. The van der Waals surface area contributed by atoms with E-state index in [0.29, 0.717) is 6.54 Å². The number of benzene rings is 2. The number of carbonyl (C=O) groups excluding carboxylic acids is 1. The van der Waals surface area contributed by atoms with Gasteiger partial charge in [0.15, 0.2) is 0 Å². The molecule has 0 spiro atoms. The van der Waals surface area contributed by atoms with Crippen molar-refractivity contribution in [3.8, 4) is 16.3 Å². The van der Waals surface area contributed by atoms with Crippen LogP contribution in [-0.2, 0) is 17.9 Å². The molecule has 5 aromatic rings. The standard InChI is InChI=1S/C23H20N6OS/c1-27(22(30)16-29-20-11-6-5-10-19(20)24-26-29)14-17-15-28(18-8-3-2-4-9-18)25-23(17)21-12-7-13-31-21/h2-13,15H,14,16H2,1H3. The predicted octanol–water partition coefficient (Wildman–Crippen LogP) is 4.00. The summed E-state index contributed by atoms with van der Waals surface area (Å²) in [5.41, 5.74) is 4.49. The molecule has 0 aliphatic rings. The Morgan fingerprint density at radius 2 is 1.84 bits per heavy atom. The van der Waals surface area contributed by atoms with E-state index in [1.54, 1.807) is 28.0 Å². The van der Waals surface area contributed by atoms with Crippen LogP contribution in [-0.4, -0.2) is 42.6 Å². The van der Waals surface area contributed by atoms with E-state index in [9.17, 15) is 4.79 Å². The second-order valence-electron chi connectivity index (χ2n) is 7.25. The van der Waals surface area contributed by atoms with Gasteiger partial charge in [0, 0.05) is 25.4 Å². The quantitative estimate of drug-likeness (QED) is 0.410. The summed E-state index contributed by atoms with van der Waals surface area (Å²) < 4.78 is 3.51. The summed E-state index contributed by atoms with van der Waals surface area (Å²) in [6, 6.07) is 21.7. The first-order chi connectivity index (χ1) is 15.2. The number of thiophene rings is 1. The normalized spacial score (nSPS) is 11.1. The summed E-state index contributed by atoms with van der Waals surface area (Å²) in [5.74, 6) is -0.0414. The lowest BCUT2D eigenvalue weighted by molar-refractivity contribution is -0.131. The van der Waals surface area contributed by atoms with Crippen LogP contribution in [0.25, 0.3) is 27.3 Å². The Hall–Kier alpha value is -3.78. The van der Waals surface area contributed by atoms with Crippen molar-refractivity contribution in [1.29, 1.82) is 0 Å². The third kappa shape index (κ3) is 3.85. The lowest BCUT2D eigenvalue weighted by atomic mass is 10.2. The zero-order valence-electron chi connectivity index (χ0n) is 16.9. The van der Waals surface area contributed by atoms with Gasteiger partial charge in [-0.3, -0.25) is 4.79 Å². The lowest BCUT2D eigenvalue weighted by Gasteiger charge is -2.17. The molecule has 0 bridgehead atoms. The number of rotatable bonds is 6. The highest BCUT2D eigenvalue weighted by Gasteiger charge is 2.18. The maximum Gasteiger partial charge on any atom is 0.244 e. The summed E-state index contributed by atoms with van der Waals surface area (Å²) >= 11 is 1.64. The second kappa shape index (κ2) is 8.16. The smallest absolute Gasteiger partial charge is 0.244 e. The number of hydrogen-bond donors (Lipinski definition) is 0. The summed E-state index contributed by atoms with van der Waals surface area (Å²) in [4.78, 5) is 15.7. The molecule has 0 aliphatic heterocycles. The van der Waals surface area contributed by atoms with E-state index in [2.05, 4.69) is 16.4 Å². The van der Waals surface area contributed by atoms with Crippen molar-refractivity contribution in [2.45, 2.75) is 13.1 Å². The molecular formula is C23H20N6OS. The van der Waals surface area contributed by atoms with E-state index in [1.807, 2.05) is 76.9 Å². The molecule has 0 radical (unpaired) electrons. The van der Waals surface area contributed by atoms with Gasteiger partial charge in [-0.1, -0.05) is 41.6 Å². The van der Waals surface area contributed by atoms with Crippen LogP contribution in [0.15, 0.2) is 78.3 Å². The molecular weight excluding hydrogens is 408 g/mol. The van der Waals surface area contributed by atoms with Crippen molar-refractivity contribution in [1.82, 2.24) is 29.7 Å². The monoisotopic (exact) mass is 428 g/mol. The first kappa shape index (κ1) is 19.2. The van der Waals surface area contributed by atoms with Gasteiger partial charge < -0.3 is 4.90 Å². The van der Waals surface area contributed by atoms with E-state index in [-0.39, 0.29) is 12.5 Å². The van der Waals surface area contributed by atoms with Crippen LogP contribution in [0.3, 0.4) is 0 Å². The first-order valence-corrected chi connectivity index (χ1v) is 10.8. The van der Waals surface area contributed by atoms with Gasteiger partial charge in [-0.05, 0) is 35.7 Å². The Morgan fingerprint density at radius 1 is 1.03 bits per heavy atom. The average Bonchev–Trinajstić information content (AvgIpc) is 3.54. The summed E-state index contributed by atoms with van der Waals surface area (Å²) in [5, 5.41) is 15.1. The van der Waals surface area contributed by atoms with Crippen molar-refractivity contribution in [2.24, 2.45) is 0 Å². The molecule has 154 valence electrons. The number of carbonyl (C=O) groups is 1. The van der Waals surface area contributed by atoms with Gasteiger partial charge in [-0.2, -0.15) is 5.10 Å². The van der Waals surface area contributed by atoms with Gasteiger partial charge >= 0.3 is 0 Å². The minimum Gasteiger partial charge on any atom is -0.340 e. The van der Waals surface area contributed by atoms with Crippen molar-refractivity contribution >= 4 is 28.3 Å². The van der Waals surface area contributed by atoms with E-state index in [4.69, 9.17) is 5.10 Å². The first-order valence-electron chi connectivity index (χ1n) is 9.89. The van der Waals surface area contributed by atoms with Gasteiger partial charge in [0.2, 0.25) is 5.91 Å². The van der Waals surface area contributed by atoms with Gasteiger partial charge in [0.05, 0.1) is 16.1 Å². The SMILES string of the molecule is CN(Cc1cn(-c2ccccc2)nc1-c1cccs1)C(=O)Cn1nnc2ccccc21. The van der Waals surface area contributed by atoms with Crippen LogP contribution in [0, 0.1) is 0 Å². The predicted molar refractivity (Wildman–Crippen MR) is 121 cm³/mol. The van der Waals surface area contributed by atoms with E-state index >= 15 is 0 Å². The molecule has 0 aliphatic carbocycles. The van der Waals surface area contributed by atoms with Crippen molar-refractivity contribution in [3.05, 3.63) is 83.9 Å².